The highest BCUT2D eigenvalue weighted by atomic mass is 14.6. The molecule has 0 saturated heterocycles. The van der Waals surface area contributed by atoms with Gasteiger partial charge in [-0.15, -0.1) is 0 Å². The van der Waals surface area contributed by atoms with E-state index in [-0.39, 0.29) is 6.04 Å². The van der Waals surface area contributed by atoms with E-state index in [2.05, 4.69) is 6.92 Å². The average Bonchev–Trinajstić information content (AvgIpc) is 2.15. The largest absolute Gasteiger partial charge is 0.330 e. The first-order chi connectivity index (χ1) is 6.25. The Hall–Kier alpha value is -0.340. The fourth-order valence-electron chi connectivity index (χ4n) is 2.18. The van der Waals surface area contributed by atoms with Gasteiger partial charge in [0.15, 0.2) is 0 Å². The Bertz CT molecular complexity index is 175. The molecule has 4 N–H and O–H groups in total. The normalized spacial score (nSPS) is 20.1. The summed E-state index contributed by atoms with van der Waals surface area (Å²) in [6, 6.07) is 0.205. The average molecular weight is 182 g/mol. The molecule has 1 atom stereocenters. The monoisotopic (exact) mass is 182 g/mol. The van der Waals surface area contributed by atoms with E-state index in [4.69, 9.17) is 11.5 Å². The highest BCUT2D eigenvalue weighted by molar-refractivity contribution is 5.20. The van der Waals surface area contributed by atoms with E-state index < -0.39 is 0 Å². The summed E-state index contributed by atoms with van der Waals surface area (Å²) in [5.74, 6) is 0. The lowest BCUT2D eigenvalue weighted by Gasteiger charge is -2.21. The van der Waals surface area contributed by atoms with E-state index in [0.29, 0.717) is 0 Å². The fraction of sp³-hybridized carbons (Fsp3) is 0.818. The number of nitrogens with two attached hydrogens (primary N) is 2. The third-order valence-corrected chi connectivity index (χ3v) is 2.87. The van der Waals surface area contributed by atoms with Crippen molar-refractivity contribution in [3.05, 3.63) is 11.1 Å². The van der Waals surface area contributed by atoms with Gasteiger partial charge in [-0.25, -0.2) is 0 Å². The molecule has 0 spiro atoms. The molecule has 1 saturated carbocycles. The Balaban J connectivity index is 2.67. The van der Waals surface area contributed by atoms with Crippen LogP contribution < -0.4 is 11.5 Å². The van der Waals surface area contributed by atoms with Crippen molar-refractivity contribution in [1.82, 2.24) is 0 Å². The van der Waals surface area contributed by atoms with Crippen molar-refractivity contribution in [2.75, 3.05) is 6.54 Å². The molecule has 0 amide bonds. The predicted octanol–water partition coefficient (Wildman–Crippen LogP) is 1.94. The molecule has 2 heteroatoms. The quantitative estimate of drug-likeness (QED) is 0.655. The fourth-order valence-corrected chi connectivity index (χ4v) is 2.18. The third kappa shape index (κ3) is 3.12. The lowest BCUT2D eigenvalue weighted by Crippen LogP contribution is -2.22. The standard InChI is InChI=1S/C11H22N2/c1-9(13)11(7-8-12)10-5-3-2-4-6-10/h9H,2-8,12-13H2,1H3. The second-order valence-electron chi connectivity index (χ2n) is 4.02. The molecular formula is C11H22N2. The molecule has 0 aromatic rings. The molecule has 0 heterocycles. The van der Waals surface area contributed by atoms with Crippen LogP contribution in [0.5, 0.6) is 0 Å². The van der Waals surface area contributed by atoms with Gasteiger partial charge in [-0.05, 0) is 45.6 Å². The van der Waals surface area contributed by atoms with Crippen molar-refractivity contribution < 1.29 is 0 Å². The molecule has 0 bridgehead atoms. The van der Waals surface area contributed by atoms with Crippen LogP contribution in [0.25, 0.3) is 0 Å². The zero-order chi connectivity index (χ0) is 9.68. The molecule has 1 aliphatic carbocycles. The molecule has 0 aromatic carbocycles. The maximum Gasteiger partial charge on any atom is 0.0227 e. The number of rotatable bonds is 3. The minimum absolute atomic E-state index is 0.205. The number of hydrogen-bond donors (Lipinski definition) is 2. The van der Waals surface area contributed by atoms with E-state index in [9.17, 15) is 0 Å². The van der Waals surface area contributed by atoms with Crippen LogP contribution in [0.15, 0.2) is 11.1 Å². The van der Waals surface area contributed by atoms with E-state index in [1.54, 1.807) is 5.57 Å². The van der Waals surface area contributed by atoms with Crippen molar-refractivity contribution in [2.45, 2.75) is 51.5 Å². The maximum atomic E-state index is 5.94. The van der Waals surface area contributed by atoms with Crippen LogP contribution in [0.3, 0.4) is 0 Å². The summed E-state index contributed by atoms with van der Waals surface area (Å²) in [6.07, 6.45) is 7.59. The Morgan fingerprint density at radius 3 is 2.38 bits per heavy atom. The van der Waals surface area contributed by atoms with Crippen molar-refractivity contribution in [3.63, 3.8) is 0 Å². The summed E-state index contributed by atoms with van der Waals surface area (Å²) < 4.78 is 0. The molecule has 1 unspecified atom stereocenters. The molecule has 0 aromatic heterocycles. The SMILES string of the molecule is CC(N)C(CCN)=C1CCCCC1. The lowest BCUT2D eigenvalue weighted by atomic mass is 9.87. The zero-order valence-electron chi connectivity index (χ0n) is 8.68. The van der Waals surface area contributed by atoms with Crippen molar-refractivity contribution in [2.24, 2.45) is 11.5 Å². The number of allylic oxidation sites excluding steroid dienone is 1. The van der Waals surface area contributed by atoms with Crippen molar-refractivity contribution in [1.29, 1.82) is 0 Å². The van der Waals surface area contributed by atoms with Crippen molar-refractivity contribution in [3.8, 4) is 0 Å². The van der Waals surface area contributed by atoms with Crippen LogP contribution in [-0.4, -0.2) is 12.6 Å². The smallest absolute Gasteiger partial charge is 0.0227 e. The Kier molecular flexibility index (Phi) is 4.46. The zero-order valence-corrected chi connectivity index (χ0v) is 8.68. The van der Waals surface area contributed by atoms with Crippen LogP contribution in [0.4, 0.5) is 0 Å². The van der Waals surface area contributed by atoms with Gasteiger partial charge in [0.1, 0.15) is 0 Å². The lowest BCUT2D eigenvalue weighted by molar-refractivity contribution is 0.580. The second kappa shape index (κ2) is 5.40. The van der Waals surface area contributed by atoms with Crippen LogP contribution in [-0.2, 0) is 0 Å². The van der Waals surface area contributed by atoms with E-state index >= 15 is 0 Å². The number of hydrogen-bond acceptors (Lipinski definition) is 2. The molecule has 1 aliphatic rings. The Morgan fingerprint density at radius 2 is 1.92 bits per heavy atom. The molecule has 0 aliphatic heterocycles. The van der Waals surface area contributed by atoms with Crippen LogP contribution in [0.2, 0.25) is 0 Å². The van der Waals surface area contributed by atoms with Gasteiger partial charge in [0.2, 0.25) is 0 Å². The summed E-state index contributed by atoms with van der Waals surface area (Å²) in [5.41, 5.74) is 14.6. The first kappa shape index (κ1) is 10.7. The summed E-state index contributed by atoms with van der Waals surface area (Å²) >= 11 is 0. The Labute approximate surface area is 81.4 Å². The highest BCUT2D eigenvalue weighted by Crippen LogP contribution is 2.27. The minimum atomic E-state index is 0.205. The van der Waals surface area contributed by atoms with Gasteiger partial charge in [-0.3, -0.25) is 0 Å². The van der Waals surface area contributed by atoms with Crippen molar-refractivity contribution >= 4 is 0 Å². The molecule has 2 nitrogen and oxygen atoms in total. The van der Waals surface area contributed by atoms with Gasteiger partial charge in [-0.2, -0.15) is 0 Å². The van der Waals surface area contributed by atoms with E-state index in [0.717, 1.165) is 13.0 Å². The van der Waals surface area contributed by atoms with Crippen LogP contribution >= 0.6 is 0 Å². The van der Waals surface area contributed by atoms with Gasteiger partial charge in [0.25, 0.3) is 0 Å². The Morgan fingerprint density at radius 1 is 1.31 bits per heavy atom. The molecule has 1 rings (SSSR count). The van der Waals surface area contributed by atoms with E-state index in [1.807, 2.05) is 0 Å². The van der Waals surface area contributed by atoms with Gasteiger partial charge >= 0.3 is 0 Å². The predicted molar refractivity (Wildman–Crippen MR) is 57.4 cm³/mol. The summed E-state index contributed by atoms with van der Waals surface area (Å²) in [5, 5.41) is 0. The molecule has 0 radical (unpaired) electrons. The van der Waals surface area contributed by atoms with Gasteiger partial charge in [-0.1, -0.05) is 17.6 Å². The molecule has 1 fully saturated rings. The molecule has 13 heavy (non-hydrogen) atoms. The molecular weight excluding hydrogens is 160 g/mol. The van der Waals surface area contributed by atoms with Crippen LogP contribution in [0, 0.1) is 0 Å². The summed E-state index contributed by atoms with van der Waals surface area (Å²) in [6.45, 7) is 2.81. The summed E-state index contributed by atoms with van der Waals surface area (Å²) in [7, 11) is 0. The van der Waals surface area contributed by atoms with Gasteiger partial charge in [0, 0.05) is 6.04 Å². The maximum absolute atomic E-state index is 5.94. The topological polar surface area (TPSA) is 52.0 Å². The highest BCUT2D eigenvalue weighted by Gasteiger charge is 2.13. The second-order valence-corrected chi connectivity index (χ2v) is 4.02. The minimum Gasteiger partial charge on any atom is -0.330 e. The molecule has 76 valence electrons. The van der Waals surface area contributed by atoms with Gasteiger partial charge < -0.3 is 11.5 Å². The third-order valence-electron chi connectivity index (χ3n) is 2.87. The summed E-state index contributed by atoms with van der Waals surface area (Å²) in [4.78, 5) is 0. The van der Waals surface area contributed by atoms with Gasteiger partial charge in [0.05, 0.1) is 0 Å². The van der Waals surface area contributed by atoms with E-state index in [1.165, 1.54) is 37.7 Å². The van der Waals surface area contributed by atoms with Crippen LogP contribution in [0.1, 0.15) is 45.4 Å². The first-order valence-electron chi connectivity index (χ1n) is 5.42. The first-order valence-corrected chi connectivity index (χ1v) is 5.42.